The van der Waals surface area contributed by atoms with Crippen molar-refractivity contribution < 1.29 is 15.0 Å². The third-order valence-corrected chi connectivity index (χ3v) is 2.50. The quantitative estimate of drug-likeness (QED) is 0.809. The molecule has 2 N–H and O–H groups in total. The number of phenolic OH excluding ortho intramolecular Hbond substituents is 1. The number of nitrogens with zero attached hydrogens (tertiary/aromatic N) is 1. The highest BCUT2D eigenvalue weighted by atomic mass is 16.4. The largest absolute Gasteiger partial charge is 0.508 e. The molecule has 16 heavy (non-hydrogen) atoms. The van der Waals surface area contributed by atoms with Crippen LogP contribution in [0.15, 0.2) is 41.0 Å². The Morgan fingerprint density at radius 2 is 1.94 bits per heavy atom. The fraction of sp³-hybridized carbons (Fsp3) is 0.167. The number of hydrogen-bond donors (Lipinski definition) is 2. The third kappa shape index (κ3) is 2.11. The average molecular weight is 217 g/mol. The zero-order valence-electron chi connectivity index (χ0n) is 8.50. The van der Waals surface area contributed by atoms with Crippen molar-refractivity contribution >= 4 is 12.2 Å². The molecule has 1 unspecified atom stereocenters. The number of aliphatic imine (C=N–C) groups is 1. The first-order valence-electron chi connectivity index (χ1n) is 4.92. The molecule has 0 fully saturated rings. The lowest BCUT2D eigenvalue weighted by Crippen LogP contribution is -2.11. The number of hydrogen-bond acceptors (Lipinski definition) is 3. The minimum Gasteiger partial charge on any atom is -0.508 e. The molecule has 0 bridgehead atoms. The number of rotatable bonds is 4. The van der Waals surface area contributed by atoms with Crippen LogP contribution in [0.4, 0.5) is 0 Å². The summed E-state index contributed by atoms with van der Waals surface area (Å²) in [5.41, 5.74) is 1.62. The van der Waals surface area contributed by atoms with Gasteiger partial charge in [0.2, 0.25) is 0 Å². The number of benzene rings is 1. The van der Waals surface area contributed by atoms with Crippen LogP contribution in [0.3, 0.4) is 0 Å². The van der Waals surface area contributed by atoms with Gasteiger partial charge in [-0.3, -0.25) is 9.79 Å². The number of aliphatic carboxylic acids is 1. The Balaban J connectivity index is 2.24. The van der Waals surface area contributed by atoms with Crippen LogP contribution in [0.25, 0.3) is 0 Å². The van der Waals surface area contributed by atoms with E-state index in [9.17, 15) is 4.79 Å². The summed E-state index contributed by atoms with van der Waals surface area (Å²) in [6.45, 7) is 0. The lowest BCUT2D eigenvalue weighted by Gasteiger charge is -2.18. The number of carboxylic acids is 1. The van der Waals surface area contributed by atoms with Crippen molar-refractivity contribution in [2.75, 3.05) is 0 Å². The third-order valence-electron chi connectivity index (χ3n) is 2.50. The molecular formula is C12H11NO3. The van der Waals surface area contributed by atoms with E-state index in [1.165, 1.54) is 0 Å². The first-order chi connectivity index (χ1) is 7.66. The summed E-state index contributed by atoms with van der Waals surface area (Å²) in [4.78, 5) is 14.8. The summed E-state index contributed by atoms with van der Waals surface area (Å²) >= 11 is 0. The van der Waals surface area contributed by atoms with Crippen molar-refractivity contribution in [1.82, 2.24) is 0 Å². The van der Waals surface area contributed by atoms with E-state index >= 15 is 0 Å². The lowest BCUT2D eigenvalue weighted by atomic mass is 9.91. The van der Waals surface area contributed by atoms with E-state index in [0.717, 1.165) is 11.3 Å². The average Bonchev–Trinajstić information content (AvgIpc) is 2.14. The molecular weight excluding hydrogens is 206 g/mol. The van der Waals surface area contributed by atoms with Crippen LogP contribution < -0.4 is 0 Å². The highest BCUT2D eigenvalue weighted by Crippen LogP contribution is 2.31. The Hall–Kier alpha value is -2.10. The maximum Gasteiger partial charge on any atom is 0.304 e. The molecule has 0 saturated heterocycles. The van der Waals surface area contributed by atoms with Crippen LogP contribution in [0.1, 0.15) is 17.9 Å². The van der Waals surface area contributed by atoms with E-state index in [2.05, 4.69) is 4.99 Å². The second-order valence-electron chi connectivity index (χ2n) is 3.61. The first-order valence-corrected chi connectivity index (χ1v) is 4.92. The van der Waals surface area contributed by atoms with Crippen molar-refractivity contribution in [3.63, 3.8) is 0 Å². The van der Waals surface area contributed by atoms with E-state index in [-0.39, 0.29) is 18.1 Å². The molecule has 4 nitrogen and oxygen atoms in total. The van der Waals surface area contributed by atoms with Gasteiger partial charge in [0, 0.05) is 17.8 Å². The molecule has 1 aromatic carbocycles. The van der Waals surface area contributed by atoms with Gasteiger partial charge in [0.05, 0.1) is 6.42 Å². The van der Waals surface area contributed by atoms with Gasteiger partial charge in [-0.25, -0.2) is 0 Å². The summed E-state index contributed by atoms with van der Waals surface area (Å²) in [7, 11) is 0. The van der Waals surface area contributed by atoms with Crippen LogP contribution in [-0.2, 0) is 4.79 Å². The van der Waals surface area contributed by atoms with Gasteiger partial charge in [0.25, 0.3) is 0 Å². The van der Waals surface area contributed by atoms with E-state index in [1.807, 2.05) is 0 Å². The molecule has 0 amide bonds. The fourth-order valence-electron chi connectivity index (χ4n) is 1.64. The molecule has 4 heteroatoms. The standard InChI is InChI=1S/C12H11NO3/c14-9-3-1-8(2-4-9)10(7-12(15)16)11-5-6-13-11/h1-6,10,14H,7H2,(H,15,16). The second-order valence-corrected chi connectivity index (χ2v) is 3.61. The lowest BCUT2D eigenvalue weighted by molar-refractivity contribution is -0.137. The Bertz CT molecular complexity index is 460. The Morgan fingerprint density at radius 3 is 2.38 bits per heavy atom. The normalized spacial score (nSPS) is 15.1. The number of carboxylic acid groups (broad SMARTS) is 1. The predicted molar refractivity (Wildman–Crippen MR) is 59.7 cm³/mol. The van der Waals surface area contributed by atoms with Gasteiger partial charge in [-0.1, -0.05) is 12.1 Å². The molecule has 1 heterocycles. The van der Waals surface area contributed by atoms with Gasteiger partial charge in [-0.15, -0.1) is 0 Å². The topological polar surface area (TPSA) is 69.9 Å². The van der Waals surface area contributed by atoms with Crippen LogP contribution in [0, 0.1) is 0 Å². The number of allylic oxidation sites excluding steroid dienone is 2. The molecule has 1 aromatic rings. The minimum atomic E-state index is -0.860. The van der Waals surface area contributed by atoms with Gasteiger partial charge in [-0.05, 0) is 23.8 Å². The molecule has 0 saturated carbocycles. The van der Waals surface area contributed by atoms with Crippen molar-refractivity contribution in [3.05, 3.63) is 41.6 Å². The molecule has 1 atom stereocenters. The molecule has 1 aliphatic rings. The molecule has 0 aromatic heterocycles. The number of aromatic hydroxyl groups is 1. The van der Waals surface area contributed by atoms with Crippen molar-refractivity contribution in [3.8, 4) is 5.75 Å². The van der Waals surface area contributed by atoms with Gasteiger partial charge < -0.3 is 10.2 Å². The Kier molecular flexibility index (Phi) is 2.72. The summed E-state index contributed by atoms with van der Waals surface area (Å²) in [6, 6.07) is 6.54. The first kappa shape index (κ1) is 10.4. The molecule has 0 aliphatic carbocycles. The molecule has 1 aliphatic heterocycles. The summed E-state index contributed by atoms with van der Waals surface area (Å²) in [5.74, 6) is -0.923. The van der Waals surface area contributed by atoms with E-state index in [4.69, 9.17) is 10.2 Å². The summed E-state index contributed by atoms with van der Waals surface area (Å²) in [5, 5.41) is 18.0. The highest BCUT2D eigenvalue weighted by Gasteiger charge is 2.21. The Labute approximate surface area is 92.6 Å². The van der Waals surface area contributed by atoms with E-state index in [0.29, 0.717) is 0 Å². The van der Waals surface area contributed by atoms with E-state index < -0.39 is 5.97 Å². The zero-order valence-corrected chi connectivity index (χ0v) is 8.50. The highest BCUT2D eigenvalue weighted by molar-refractivity contribution is 5.81. The van der Waals surface area contributed by atoms with Crippen molar-refractivity contribution in [2.45, 2.75) is 12.3 Å². The maximum atomic E-state index is 10.8. The Morgan fingerprint density at radius 1 is 1.31 bits per heavy atom. The smallest absolute Gasteiger partial charge is 0.304 e. The van der Waals surface area contributed by atoms with Crippen LogP contribution in [0.2, 0.25) is 0 Å². The van der Waals surface area contributed by atoms with E-state index in [1.54, 1.807) is 36.6 Å². The minimum absolute atomic E-state index is 0.00789. The fourth-order valence-corrected chi connectivity index (χ4v) is 1.64. The second kappa shape index (κ2) is 4.18. The number of carbonyl (C=O) groups is 1. The van der Waals surface area contributed by atoms with Crippen molar-refractivity contribution in [2.24, 2.45) is 4.99 Å². The molecule has 0 radical (unpaired) electrons. The van der Waals surface area contributed by atoms with Gasteiger partial charge in [0.1, 0.15) is 5.75 Å². The van der Waals surface area contributed by atoms with Gasteiger partial charge in [-0.2, -0.15) is 0 Å². The SMILES string of the molecule is O=C(O)CC(C1=CC=N1)c1ccc(O)cc1. The predicted octanol–water partition coefficient (Wildman–Crippen LogP) is 1.92. The zero-order chi connectivity index (χ0) is 11.5. The molecule has 2 rings (SSSR count). The maximum absolute atomic E-state index is 10.8. The van der Waals surface area contributed by atoms with Crippen LogP contribution in [-0.4, -0.2) is 22.4 Å². The molecule has 0 spiro atoms. The summed E-state index contributed by atoms with van der Waals surface area (Å²) < 4.78 is 0. The molecule has 82 valence electrons. The van der Waals surface area contributed by atoms with Gasteiger partial charge in [0.15, 0.2) is 0 Å². The van der Waals surface area contributed by atoms with Crippen LogP contribution >= 0.6 is 0 Å². The summed E-state index contributed by atoms with van der Waals surface area (Å²) in [6.07, 6.45) is 3.46. The van der Waals surface area contributed by atoms with Gasteiger partial charge >= 0.3 is 5.97 Å². The van der Waals surface area contributed by atoms with Crippen LogP contribution in [0.5, 0.6) is 5.75 Å². The van der Waals surface area contributed by atoms with Crippen molar-refractivity contribution in [1.29, 1.82) is 0 Å². The number of phenols is 1. The monoisotopic (exact) mass is 217 g/mol.